The van der Waals surface area contributed by atoms with E-state index >= 15 is 0 Å². The Labute approximate surface area is 317 Å². The first-order valence-electron chi connectivity index (χ1n) is 18.5. The first-order valence-corrected chi connectivity index (χ1v) is 18.5. The van der Waals surface area contributed by atoms with Crippen LogP contribution in [-0.4, -0.2) is 4.98 Å². The van der Waals surface area contributed by atoms with Gasteiger partial charge in [0.15, 0.2) is 5.58 Å². The molecule has 2 aromatic heterocycles. The van der Waals surface area contributed by atoms with Crippen LogP contribution < -0.4 is 4.90 Å². The van der Waals surface area contributed by atoms with Gasteiger partial charge in [-0.3, -0.25) is 0 Å². The predicted molar refractivity (Wildman–Crippen MR) is 227 cm³/mol. The summed E-state index contributed by atoms with van der Waals surface area (Å²) in [6, 6.07) is 68.2. The van der Waals surface area contributed by atoms with Gasteiger partial charge >= 0.3 is 0 Å². The van der Waals surface area contributed by atoms with Crippen molar-refractivity contribution in [3.63, 3.8) is 0 Å². The van der Waals surface area contributed by atoms with E-state index in [-0.39, 0.29) is 0 Å². The summed E-state index contributed by atoms with van der Waals surface area (Å²) >= 11 is 0. The van der Waals surface area contributed by atoms with E-state index in [9.17, 15) is 0 Å². The van der Waals surface area contributed by atoms with Gasteiger partial charge < -0.3 is 13.7 Å². The lowest BCUT2D eigenvalue weighted by Gasteiger charge is -2.29. The van der Waals surface area contributed by atoms with E-state index < -0.39 is 0 Å². The Balaban J connectivity index is 1.18. The Morgan fingerprint density at radius 3 is 1.84 bits per heavy atom. The molecule has 4 nitrogen and oxygen atoms in total. The second-order valence-corrected chi connectivity index (χ2v) is 13.9. The highest BCUT2D eigenvalue weighted by atomic mass is 16.3. The van der Waals surface area contributed by atoms with E-state index in [1.54, 1.807) is 0 Å². The zero-order valence-corrected chi connectivity index (χ0v) is 29.7. The predicted octanol–water partition coefficient (Wildman–Crippen LogP) is 14.5. The minimum Gasteiger partial charge on any atom is -0.456 e. The zero-order valence-electron chi connectivity index (χ0n) is 29.7. The quantitative estimate of drug-likeness (QED) is 0.162. The lowest BCUT2D eigenvalue weighted by molar-refractivity contribution is 0.623. The monoisotopic (exact) mass is 704 g/mol. The van der Waals surface area contributed by atoms with E-state index in [0.717, 1.165) is 88.3 Å². The van der Waals surface area contributed by atoms with Gasteiger partial charge in [0.05, 0.1) is 5.69 Å². The van der Waals surface area contributed by atoms with E-state index in [4.69, 9.17) is 13.8 Å². The van der Waals surface area contributed by atoms with Crippen molar-refractivity contribution in [1.29, 1.82) is 0 Å². The van der Waals surface area contributed by atoms with Gasteiger partial charge in [-0.1, -0.05) is 133 Å². The molecule has 0 amide bonds. The van der Waals surface area contributed by atoms with Crippen molar-refractivity contribution in [3.8, 4) is 33.7 Å². The molecule has 4 heteroatoms. The maximum atomic E-state index is 6.62. The molecule has 258 valence electrons. The summed E-state index contributed by atoms with van der Waals surface area (Å²) in [7, 11) is 0. The Kier molecular flexibility index (Phi) is 7.14. The fraction of sp³-hybridized carbons (Fsp3) is 0. The number of rotatable bonds is 6. The molecule has 11 rings (SSSR count). The molecule has 0 saturated carbocycles. The second-order valence-electron chi connectivity index (χ2n) is 13.9. The maximum absolute atomic E-state index is 6.62. The highest BCUT2D eigenvalue weighted by Gasteiger charge is 2.22. The van der Waals surface area contributed by atoms with Gasteiger partial charge in [-0.05, 0) is 93.5 Å². The third kappa shape index (κ3) is 5.19. The van der Waals surface area contributed by atoms with Crippen LogP contribution in [0.25, 0.3) is 88.3 Å². The Hall–Kier alpha value is -7.43. The van der Waals surface area contributed by atoms with Crippen LogP contribution in [0.15, 0.2) is 203 Å². The number of benzene rings is 9. The Morgan fingerprint density at radius 2 is 1.00 bits per heavy atom. The lowest BCUT2D eigenvalue weighted by Crippen LogP contribution is -2.11. The average molecular weight is 705 g/mol. The molecule has 0 aliphatic carbocycles. The fourth-order valence-corrected chi connectivity index (χ4v) is 8.12. The Morgan fingerprint density at radius 1 is 0.400 bits per heavy atom. The fourth-order valence-electron chi connectivity index (χ4n) is 8.12. The van der Waals surface area contributed by atoms with Crippen LogP contribution in [0.4, 0.5) is 17.1 Å². The standard InChI is InChI=1S/C51H32N2O2/c1-3-13-33(14-4-1)39-17-7-8-18-40(39)41-19-9-11-21-46(41)53(38-28-30-48-44(32-38)42-20-10-12-22-47(42)54-48)37-27-25-34-23-24-35-26-29-45-50(49(35)43(34)31-37)55-51(52-45)36-15-5-2-6-16-36/h1-32H. The van der Waals surface area contributed by atoms with Gasteiger partial charge in [0, 0.05) is 38.7 Å². The van der Waals surface area contributed by atoms with Gasteiger partial charge in [0.1, 0.15) is 16.7 Å². The smallest absolute Gasteiger partial charge is 0.227 e. The molecule has 0 aliphatic rings. The van der Waals surface area contributed by atoms with Crippen LogP contribution in [0.3, 0.4) is 0 Å². The molecule has 0 N–H and O–H groups in total. The van der Waals surface area contributed by atoms with Crippen LogP contribution in [0, 0.1) is 0 Å². The molecule has 0 saturated heterocycles. The topological polar surface area (TPSA) is 42.4 Å². The summed E-state index contributed by atoms with van der Waals surface area (Å²) in [4.78, 5) is 7.32. The third-order valence-electron chi connectivity index (χ3n) is 10.7. The lowest BCUT2D eigenvalue weighted by atomic mass is 9.93. The summed E-state index contributed by atoms with van der Waals surface area (Å²) in [5.74, 6) is 0.615. The average Bonchev–Trinajstić information content (AvgIpc) is 3.86. The van der Waals surface area contributed by atoms with Crippen molar-refractivity contribution < 1.29 is 8.83 Å². The molecule has 0 aliphatic heterocycles. The molecule has 0 atom stereocenters. The molecule has 2 heterocycles. The highest BCUT2D eigenvalue weighted by Crippen LogP contribution is 2.46. The first-order chi connectivity index (χ1) is 27.3. The normalized spacial score (nSPS) is 11.6. The van der Waals surface area contributed by atoms with E-state index in [1.807, 2.05) is 42.5 Å². The van der Waals surface area contributed by atoms with Crippen molar-refractivity contribution in [3.05, 3.63) is 194 Å². The second kappa shape index (κ2) is 12.6. The number of aromatic nitrogens is 1. The molecule has 9 aromatic carbocycles. The molecular formula is C51H32N2O2. The molecule has 0 unspecified atom stereocenters. The molecule has 0 spiro atoms. The Bertz CT molecular complexity index is 3220. The van der Waals surface area contributed by atoms with E-state index in [1.165, 1.54) is 11.1 Å². The summed E-state index contributed by atoms with van der Waals surface area (Å²) < 4.78 is 12.9. The highest BCUT2D eigenvalue weighted by molar-refractivity contribution is 6.19. The van der Waals surface area contributed by atoms with E-state index in [2.05, 4.69) is 157 Å². The number of fused-ring (bicyclic) bond motifs is 8. The molecule has 0 bridgehead atoms. The summed E-state index contributed by atoms with van der Waals surface area (Å²) in [6.45, 7) is 0. The van der Waals surface area contributed by atoms with Crippen molar-refractivity contribution >= 4 is 71.6 Å². The molecule has 55 heavy (non-hydrogen) atoms. The maximum Gasteiger partial charge on any atom is 0.227 e. The number of oxazole rings is 1. The van der Waals surface area contributed by atoms with Crippen LogP contribution in [0.2, 0.25) is 0 Å². The molecular weight excluding hydrogens is 673 g/mol. The van der Waals surface area contributed by atoms with Crippen molar-refractivity contribution in [2.75, 3.05) is 4.90 Å². The van der Waals surface area contributed by atoms with Gasteiger partial charge in [-0.15, -0.1) is 0 Å². The van der Waals surface area contributed by atoms with Crippen LogP contribution in [0.5, 0.6) is 0 Å². The van der Waals surface area contributed by atoms with Crippen molar-refractivity contribution in [1.82, 2.24) is 4.98 Å². The van der Waals surface area contributed by atoms with Crippen LogP contribution in [-0.2, 0) is 0 Å². The summed E-state index contributed by atoms with van der Waals surface area (Å²) in [5.41, 5.74) is 12.1. The van der Waals surface area contributed by atoms with Crippen molar-refractivity contribution in [2.24, 2.45) is 0 Å². The van der Waals surface area contributed by atoms with Gasteiger partial charge in [-0.25, -0.2) is 4.98 Å². The minimum atomic E-state index is 0.615. The number of anilines is 3. The van der Waals surface area contributed by atoms with Crippen LogP contribution in [0.1, 0.15) is 0 Å². The van der Waals surface area contributed by atoms with Gasteiger partial charge in [0.2, 0.25) is 5.89 Å². The number of nitrogens with zero attached hydrogens (tertiary/aromatic N) is 2. The largest absolute Gasteiger partial charge is 0.456 e. The van der Waals surface area contributed by atoms with Crippen LogP contribution >= 0.6 is 0 Å². The van der Waals surface area contributed by atoms with Gasteiger partial charge in [0.25, 0.3) is 0 Å². The van der Waals surface area contributed by atoms with Crippen molar-refractivity contribution in [2.45, 2.75) is 0 Å². The van der Waals surface area contributed by atoms with Gasteiger partial charge in [-0.2, -0.15) is 0 Å². The minimum absolute atomic E-state index is 0.615. The number of furan rings is 1. The summed E-state index contributed by atoms with van der Waals surface area (Å²) in [6.07, 6.45) is 0. The first kappa shape index (κ1) is 31.1. The molecule has 0 fully saturated rings. The zero-order chi connectivity index (χ0) is 36.3. The van der Waals surface area contributed by atoms with E-state index in [0.29, 0.717) is 5.89 Å². The number of hydrogen-bond acceptors (Lipinski definition) is 4. The number of para-hydroxylation sites is 2. The molecule has 0 radical (unpaired) electrons. The molecule has 11 aromatic rings. The SMILES string of the molecule is c1ccc(-c2nc3ccc4ccc5ccc(N(c6ccc7oc8ccccc8c7c6)c6ccccc6-c6ccccc6-c6ccccc6)cc5c4c3o2)cc1. The third-order valence-corrected chi connectivity index (χ3v) is 10.7. The number of hydrogen-bond donors (Lipinski definition) is 0. The summed E-state index contributed by atoms with van der Waals surface area (Å²) in [5, 5.41) is 6.53.